The molecule has 1 aliphatic rings. The Kier molecular flexibility index (Phi) is 3.81. The predicted octanol–water partition coefficient (Wildman–Crippen LogP) is 0.667. The molecule has 1 heterocycles. The van der Waals surface area contributed by atoms with Crippen LogP contribution in [0.4, 0.5) is 15.8 Å². The first kappa shape index (κ1) is 15.2. The quantitative estimate of drug-likeness (QED) is 0.642. The first-order valence-corrected chi connectivity index (χ1v) is 7.70. The summed E-state index contributed by atoms with van der Waals surface area (Å²) in [7, 11) is -3.19. The Morgan fingerprint density at radius 1 is 1.33 bits per heavy atom. The third kappa shape index (κ3) is 3.10. The summed E-state index contributed by atoms with van der Waals surface area (Å²) in [5.41, 5.74) is -1.47. The van der Waals surface area contributed by atoms with Crippen LogP contribution in [0.15, 0.2) is 12.1 Å². The Morgan fingerprint density at radius 2 is 1.90 bits per heavy atom. The van der Waals surface area contributed by atoms with Crippen molar-refractivity contribution >= 4 is 27.2 Å². The third-order valence-electron chi connectivity index (χ3n) is 3.18. The van der Waals surface area contributed by atoms with Crippen LogP contribution in [0.1, 0.15) is 10.4 Å². The normalized spacial score (nSPS) is 17.5. The molecule has 0 radical (unpaired) electrons. The van der Waals surface area contributed by atoms with Gasteiger partial charge in [0.2, 0.25) is 0 Å². The highest BCUT2D eigenvalue weighted by molar-refractivity contribution is 7.91. The SMILES string of the molecule is O=C(O)c1cc([N+](=O)[O-])c(N2CCS(=O)(=O)CC2)cc1F. The molecule has 1 aromatic carbocycles. The van der Waals surface area contributed by atoms with E-state index in [9.17, 15) is 27.7 Å². The maximum absolute atomic E-state index is 13.7. The monoisotopic (exact) mass is 318 g/mol. The number of halogens is 1. The zero-order valence-electron chi connectivity index (χ0n) is 10.7. The molecule has 0 saturated carbocycles. The van der Waals surface area contributed by atoms with Gasteiger partial charge in [-0.1, -0.05) is 0 Å². The molecule has 0 spiro atoms. The molecule has 114 valence electrons. The van der Waals surface area contributed by atoms with Crippen LogP contribution in [0.5, 0.6) is 0 Å². The van der Waals surface area contributed by atoms with Crippen LogP contribution in [0.25, 0.3) is 0 Å². The van der Waals surface area contributed by atoms with Gasteiger partial charge in [0.15, 0.2) is 9.84 Å². The van der Waals surface area contributed by atoms with Gasteiger partial charge in [0.1, 0.15) is 17.1 Å². The Labute approximate surface area is 118 Å². The van der Waals surface area contributed by atoms with Crippen molar-refractivity contribution in [1.82, 2.24) is 0 Å². The summed E-state index contributed by atoms with van der Waals surface area (Å²) in [5, 5.41) is 19.8. The number of carbonyl (C=O) groups is 1. The number of rotatable bonds is 3. The van der Waals surface area contributed by atoms with Crippen LogP contribution < -0.4 is 4.90 Å². The van der Waals surface area contributed by atoms with Gasteiger partial charge in [-0.2, -0.15) is 0 Å². The molecule has 8 nitrogen and oxygen atoms in total. The lowest BCUT2D eigenvalue weighted by Gasteiger charge is -2.28. The van der Waals surface area contributed by atoms with E-state index in [1.54, 1.807) is 0 Å². The summed E-state index contributed by atoms with van der Waals surface area (Å²) in [5.74, 6) is -3.08. The first-order chi connectivity index (χ1) is 9.71. The predicted molar refractivity (Wildman–Crippen MR) is 70.9 cm³/mol. The smallest absolute Gasteiger partial charge is 0.338 e. The standard InChI is InChI=1S/C11H11FN2O6S/c12-8-6-9(13-1-3-21(19,20)4-2-13)10(14(17)18)5-7(8)11(15)16/h5-6H,1-4H2,(H,15,16). The zero-order valence-corrected chi connectivity index (χ0v) is 11.5. The number of benzene rings is 1. The van der Waals surface area contributed by atoms with Crippen molar-refractivity contribution in [2.45, 2.75) is 0 Å². The Bertz CT molecular complexity index is 704. The number of nitro groups is 1. The minimum atomic E-state index is -3.19. The number of hydrogen-bond donors (Lipinski definition) is 1. The molecule has 0 bridgehead atoms. The van der Waals surface area contributed by atoms with E-state index in [1.165, 1.54) is 4.90 Å². The molecule has 1 saturated heterocycles. The third-order valence-corrected chi connectivity index (χ3v) is 4.79. The van der Waals surface area contributed by atoms with Crippen LogP contribution in [0.2, 0.25) is 0 Å². The topological polar surface area (TPSA) is 118 Å². The van der Waals surface area contributed by atoms with Gasteiger partial charge in [0.05, 0.1) is 16.4 Å². The highest BCUT2D eigenvalue weighted by atomic mass is 32.2. The van der Waals surface area contributed by atoms with Gasteiger partial charge in [0, 0.05) is 25.2 Å². The van der Waals surface area contributed by atoms with Crippen LogP contribution in [0, 0.1) is 15.9 Å². The fraction of sp³-hybridized carbons (Fsp3) is 0.364. The Hall–Kier alpha value is -2.23. The largest absolute Gasteiger partial charge is 0.478 e. The van der Waals surface area contributed by atoms with Crippen molar-refractivity contribution in [2.24, 2.45) is 0 Å². The molecular formula is C11H11FN2O6S. The molecule has 0 aromatic heterocycles. The lowest BCUT2D eigenvalue weighted by Crippen LogP contribution is -2.40. The van der Waals surface area contributed by atoms with E-state index < -0.39 is 37.8 Å². The van der Waals surface area contributed by atoms with Crippen molar-refractivity contribution in [1.29, 1.82) is 0 Å². The van der Waals surface area contributed by atoms with E-state index in [1.807, 2.05) is 0 Å². The van der Waals surface area contributed by atoms with Gasteiger partial charge in [-0.05, 0) is 0 Å². The van der Waals surface area contributed by atoms with Crippen LogP contribution in [0.3, 0.4) is 0 Å². The van der Waals surface area contributed by atoms with Gasteiger partial charge in [0.25, 0.3) is 5.69 Å². The summed E-state index contributed by atoms with van der Waals surface area (Å²) in [6.07, 6.45) is 0. The van der Waals surface area contributed by atoms with Gasteiger partial charge in [-0.3, -0.25) is 10.1 Å². The summed E-state index contributed by atoms with van der Waals surface area (Å²) >= 11 is 0. The van der Waals surface area contributed by atoms with Gasteiger partial charge >= 0.3 is 5.97 Å². The van der Waals surface area contributed by atoms with E-state index in [0.29, 0.717) is 6.07 Å². The Balaban J connectivity index is 2.46. The van der Waals surface area contributed by atoms with Crippen molar-refractivity contribution in [3.8, 4) is 0 Å². The summed E-state index contributed by atoms with van der Waals surface area (Å²) in [6.45, 7) is -0.00986. The molecule has 10 heteroatoms. The molecule has 0 aliphatic carbocycles. The minimum Gasteiger partial charge on any atom is -0.478 e. The Morgan fingerprint density at radius 3 is 2.38 bits per heavy atom. The molecule has 2 rings (SSSR count). The molecule has 1 aliphatic heterocycles. The second-order valence-electron chi connectivity index (χ2n) is 4.52. The fourth-order valence-electron chi connectivity index (χ4n) is 2.07. The van der Waals surface area contributed by atoms with E-state index in [4.69, 9.17) is 5.11 Å². The van der Waals surface area contributed by atoms with E-state index in [2.05, 4.69) is 0 Å². The number of carboxylic acid groups (broad SMARTS) is 1. The molecule has 0 atom stereocenters. The van der Waals surface area contributed by atoms with Crippen molar-refractivity contribution < 1.29 is 27.6 Å². The van der Waals surface area contributed by atoms with Crippen LogP contribution in [-0.4, -0.2) is 49.0 Å². The number of aromatic carboxylic acids is 1. The van der Waals surface area contributed by atoms with Crippen molar-refractivity contribution in [3.05, 3.63) is 33.6 Å². The number of nitro benzene ring substituents is 1. The van der Waals surface area contributed by atoms with E-state index in [-0.39, 0.29) is 30.3 Å². The zero-order chi connectivity index (χ0) is 15.8. The number of sulfone groups is 1. The molecule has 1 fully saturated rings. The number of anilines is 1. The molecular weight excluding hydrogens is 307 g/mol. The average molecular weight is 318 g/mol. The lowest BCUT2D eigenvalue weighted by atomic mass is 10.1. The van der Waals surface area contributed by atoms with Crippen molar-refractivity contribution in [2.75, 3.05) is 29.5 Å². The van der Waals surface area contributed by atoms with Gasteiger partial charge in [-0.25, -0.2) is 17.6 Å². The molecule has 21 heavy (non-hydrogen) atoms. The van der Waals surface area contributed by atoms with Crippen molar-refractivity contribution in [3.63, 3.8) is 0 Å². The highest BCUT2D eigenvalue weighted by Gasteiger charge is 2.29. The van der Waals surface area contributed by atoms with Gasteiger partial charge < -0.3 is 10.0 Å². The average Bonchev–Trinajstić information content (AvgIpc) is 2.37. The summed E-state index contributed by atoms with van der Waals surface area (Å²) in [6, 6.07) is 1.41. The molecule has 0 unspecified atom stereocenters. The fourth-order valence-corrected chi connectivity index (χ4v) is 3.27. The molecule has 0 amide bonds. The maximum atomic E-state index is 13.7. The van der Waals surface area contributed by atoms with Gasteiger partial charge in [-0.15, -0.1) is 0 Å². The second kappa shape index (κ2) is 5.28. The summed E-state index contributed by atoms with van der Waals surface area (Å²) < 4.78 is 36.4. The highest BCUT2D eigenvalue weighted by Crippen LogP contribution is 2.32. The first-order valence-electron chi connectivity index (χ1n) is 5.88. The second-order valence-corrected chi connectivity index (χ2v) is 6.83. The maximum Gasteiger partial charge on any atom is 0.338 e. The number of nitrogens with zero attached hydrogens (tertiary/aromatic N) is 2. The minimum absolute atomic E-state index is 0.00493. The van der Waals surface area contributed by atoms with E-state index >= 15 is 0 Å². The molecule has 1 N–H and O–H groups in total. The number of carboxylic acids is 1. The van der Waals surface area contributed by atoms with Crippen LogP contribution in [-0.2, 0) is 9.84 Å². The number of hydrogen-bond acceptors (Lipinski definition) is 6. The lowest BCUT2D eigenvalue weighted by molar-refractivity contribution is -0.384. The summed E-state index contributed by atoms with van der Waals surface area (Å²) in [4.78, 5) is 22.4. The molecule has 1 aromatic rings. The van der Waals surface area contributed by atoms with E-state index in [0.717, 1.165) is 6.07 Å². The van der Waals surface area contributed by atoms with Crippen LogP contribution >= 0.6 is 0 Å².